The summed E-state index contributed by atoms with van der Waals surface area (Å²) in [6, 6.07) is 0. The fourth-order valence-corrected chi connectivity index (χ4v) is 0.865. The van der Waals surface area contributed by atoms with Crippen molar-refractivity contribution < 1.29 is 19.1 Å². The van der Waals surface area contributed by atoms with Crippen molar-refractivity contribution in [1.29, 1.82) is 0 Å². The minimum atomic E-state index is -0.312. The third-order valence-corrected chi connectivity index (χ3v) is 1.61. The largest absolute Gasteiger partial charge is 0.469 e. The Kier molecular flexibility index (Phi) is 7.86. The number of carbonyl (C=O) groups excluding carboxylic acids is 3. The molecule has 4 nitrogen and oxygen atoms in total. The molecule has 0 unspecified atom stereocenters. The van der Waals surface area contributed by atoms with E-state index in [-0.39, 0.29) is 18.2 Å². The van der Waals surface area contributed by atoms with E-state index in [2.05, 4.69) is 4.74 Å². The highest BCUT2D eigenvalue weighted by Gasteiger charge is 2.01. The third kappa shape index (κ3) is 8.62. The van der Waals surface area contributed by atoms with E-state index in [4.69, 9.17) is 0 Å². The van der Waals surface area contributed by atoms with E-state index in [0.29, 0.717) is 19.1 Å². The molecule has 4 heteroatoms. The minimum absolute atomic E-state index is 0.0746. The van der Waals surface area contributed by atoms with Crippen LogP contribution in [-0.4, -0.2) is 25.1 Å². The zero-order chi connectivity index (χ0) is 11.5. The van der Waals surface area contributed by atoms with Crippen LogP contribution >= 0.6 is 0 Å². The van der Waals surface area contributed by atoms with Crippen LogP contribution in [0.1, 0.15) is 19.3 Å². The average molecular weight is 210 g/mol. The van der Waals surface area contributed by atoms with Gasteiger partial charge in [-0.15, -0.1) is 0 Å². The van der Waals surface area contributed by atoms with Gasteiger partial charge in [-0.1, -0.05) is 12.2 Å². The van der Waals surface area contributed by atoms with Gasteiger partial charge < -0.3 is 4.74 Å². The predicted molar refractivity (Wildman–Crippen MR) is 55.2 cm³/mol. The number of ketones is 1. The van der Waals surface area contributed by atoms with Gasteiger partial charge in [-0.05, 0) is 18.6 Å². The van der Waals surface area contributed by atoms with Crippen molar-refractivity contribution >= 4 is 18.0 Å². The fourth-order valence-electron chi connectivity index (χ4n) is 0.865. The highest BCUT2D eigenvalue weighted by atomic mass is 16.5. The standard InChI is InChI=1S/C11H14O4/c1-15-11(14)8-5-7-10(13)6-3-2-4-9-12/h2-4,6,9H,5,7-8H2,1H3/b4-2-,6-3+. The lowest BCUT2D eigenvalue weighted by Crippen LogP contribution is -2.01. The van der Waals surface area contributed by atoms with E-state index >= 15 is 0 Å². The van der Waals surface area contributed by atoms with E-state index in [1.54, 1.807) is 0 Å². The molecule has 0 aliphatic heterocycles. The van der Waals surface area contributed by atoms with E-state index in [1.807, 2.05) is 0 Å². The SMILES string of the molecule is COC(=O)CCCC(=O)/C=C/C=C\C=O. The first-order valence-corrected chi connectivity index (χ1v) is 4.59. The van der Waals surface area contributed by atoms with Crippen molar-refractivity contribution in [3.05, 3.63) is 24.3 Å². The summed E-state index contributed by atoms with van der Waals surface area (Å²) >= 11 is 0. The van der Waals surface area contributed by atoms with Gasteiger partial charge in [0.2, 0.25) is 0 Å². The molecule has 0 spiro atoms. The molecule has 0 heterocycles. The van der Waals surface area contributed by atoms with E-state index in [1.165, 1.54) is 31.4 Å². The number of esters is 1. The van der Waals surface area contributed by atoms with Crippen LogP contribution in [0.5, 0.6) is 0 Å². The van der Waals surface area contributed by atoms with Crippen LogP contribution in [0.4, 0.5) is 0 Å². The van der Waals surface area contributed by atoms with Gasteiger partial charge in [0.15, 0.2) is 5.78 Å². The Hall–Kier alpha value is -1.71. The van der Waals surface area contributed by atoms with E-state index < -0.39 is 0 Å². The van der Waals surface area contributed by atoms with E-state index in [9.17, 15) is 14.4 Å². The van der Waals surface area contributed by atoms with Gasteiger partial charge in [0.1, 0.15) is 6.29 Å². The summed E-state index contributed by atoms with van der Waals surface area (Å²) in [5, 5.41) is 0. The Morgan fingerprint density at radius 3 is 2.47 bits per heavy atom. The Morgan fingerprint density at radius 2 is 1.87 bits per heavy atom. The first-order chi connectivity index (χ1) is 7.20. The molecular formula is C11H14O4. The van der Waals surface area contributed by atoms with Gasteiger partial charge in [-0.3, -0.25) is 14.4 Å². The summed E-state index contributed by atoms with van der Waals surface area (Å²) in [6.45, 7) is 0. The van der Waals surface area contributed by atoms with Gasteiger partial charge >= 0.3 is 5.97 Å². The molecule has 0 atom stereocenters. The molecule has 0 amide bonds. The number of aldehydes is 1. The van der Waals surface area contributed by atoms with Crippen molar-refractivity contribution in [2.75, 3.05) is 7.11 Å². The Labute approximate surface area is 88.6 Å². The van der Waals surface area contributed by atoms with Gasteiger partial charge in [0.05, 0.1) is 7.11 Å². The maximum Gasteiger partial charge on any atom is 0.305 e. The molecule has 0 aromatic rings. The summed E-state index contributed by atoms with van der Waals surface area (Å²) in [6.07, 6.45) is 7.30. The monoisotopic (exact) mass is 210 g/mol. The topological polar surface area (TPSA) is 60.4 Å². The molecule has 0 saturated heterocycles. The van der Waals surface area contributed by atoms with Crippen LogP contribution < -0.4 is 0 Å². The van der Waals surface area contributed by atoms with Gasteiger partial charge in [-0.2, -0.15) is 0 Å². The highest BCUT2D eigenvalue weighted by Crippen LogP contribution is 1.99. The second-order valence-corrected chi connectivity index (χ2v) is 2.78. The molecule has 0 fully saturated rings. The van der Waals surface area contributed by atoms with Crippen molar-refractivity contribution in [1.82, 2.24) is 0 Å². The first kappa shape index (κ1) is 13.3. The predicted octanol–water partition coefficient (Wildman–Crippen LogP) is 1.21. The van der Waals surface area contributed by atoms with Crippen LogP contribution in [0.2, 0.25) is 0 Å². The number of allylic oxidation sites excluding steroid dienone is 4. The molecule has 82 valence electrons. The maximum atomic E-state index is 11.1. The quantitative estimate of drug-likeness (QED) is 0.274. The molecule has 0 N–H and O–H groups in total. The van der Waals surface area contributed by atoms with Crippen molar-refractivity contribution in [2.45, 2.75) is 19.3 Å². The lowest BCUT2D eigenvalue weighted by atomic mass is 10.1. The van der Waals surface area contributed by atoms with Crippen LogP contribution in [0.15, 0.2) is 24.3 Å². The van der Waals surface area contributed by atoms with Gasteiger partial charge in [-0.25, -0.2) is 0 Å². The smallest absolute Gasteiger partial charge is 0.305 e. The zero-order valence-corrected chi connectivity index (χ0v) is 8.64. The maximum absolute atomic E-state index is 11.1. The minimum Gasteiger partial charge on any atom is -0.469 e. The van der Waals surface area contributed by atoms with Gasteiger partial charge in [0.25, 0.3) is 0 Å². The molecule has 0 aliphatic rings. The second kappa shape index (κ2) is 8.87. The molecule has 0 radical (unpaired) electrons. The average Bonchev–Trinajstić information content (AvgIpc) is 2.24. The van der Waals surface area contributed by atoms with Crippen LogP contribution in [0.25, 0.3) is 0 Å². The molecule has 0 saturated carbocycles. The molecule has 0 aliphatic carbocycles. The number of ether oxygens (including phenoxy) is 1. The van der Waals surface area contributed by atoms with Crippen LogP contribution in [0.3, 0.4) is 0 Å². The number of hydrogen-bond donors (Lipinski definition) is 0. The normalized spacial score (nSPS) is 10.7. The molecule has 15 heavy (non-hydrogen) atoms. The molecular weight excluding hydrogens is 196 g/mol. The fraction of sp³-hybridized carbons (Fsp3) is 0.364. The van der Waals surface area contributed by atoms with Gasteiger partial charge in [0, 0.05) is 12.8 Å². The van der Waals surface area contributed by atoms with Crippen molar-refractivity contribution in [2.24, 2.45) is 0 Å². The van der Waals surface area contributed by atoms with E-state index in [0.717, 1.165) is 0 Å². The number of methoxy groups -OCH3 is 1. The number of rotatable bonds is 7. The lowest BCUT2D eigenvalue weighted by molar-refractivity contribution is -0.140. The van der Waals surface area contributed by atoms with Crippen LogP contribution in [0, 0.1) is 0 Å². The highest BCUT2D eigenvalue weighted by molar-refractivity contribution is 5.90. The van der Waals surface area contributed by atoms with Crippen LogP contribution in [-0.2, 0) is 19.1 Å². The summed E-state index contributed by atoms with van der Waals surface area (Å²) < 4.78 is 4.43. The Morgan fingerprint density at radius 1 is 1.13 bits per heavy atom. The molecule has 0 aromatic heterocycles. The Balaban J connectivity index is 3.66. The molecule has 0 aromatic carbocycles. The molecule has 0 bridgehead atoms. The molecule has 0 rings (SSSR count). The second-order valence-electron chi connectivity index (χ2n) is 2.78. The summed E-state index contributed by atoms with van der Waals surface area (Å²) in [5.41, 5.74) is 0. The first-order valence-electron chi connectivity index (χ1n) is 4.59. The van der Waals surface area contributed by atoms with Crippen molar-refractivity contribution in [3.63, 3.8) is 0 Å². The summed E-state index contributed by atoms with van der Waals surface area (Å²) in [7, 11) is 1.31. The summed E-state index contributed by atoms with van der Waals surface area (Å²) in [5.74, 6) is -0.387. The zero-order valence-electron chi connectivity index (χ0n) is 8.64. The number of carbonyl (C=O) groups is 3. The summed E-state index contributed by atoms with van der Waals surface area (Å²) in [4.78, 5) is 31.7. The third-order valence-electron chi connectivity index (χ3n) is 1.61. The number of hydrogen-bond acceptors (Lipinski definition) is 4. The lowest BCUT2D eigenvalue weighted by Gasteiger charge is -1.96. The van der Waals surface area contributed by atoms with Crippen molar-refractivity contribution in [3.8, 4) is 0 Å². The Bertz CT molecular complexity index is 276.